The van der Waals surface area contributed by atoms with Crippen LogP contribution in [0.4, 0.5) is 4.79 Å². The van der Waals surface area contributed by atoms with E-state index >= 15 is 0 Å². The number of nitrogens with zero attached hydrogens (tertiary/aromatic N) is 2. The SMILES string of the molecule is NN(Cc1ccccc1)OC(=O)ON(N)Cc1ccccc1. The van der Waals surface area contributed by atoms with Crippen molar-refractivity contribution in [1.29, 1.82) is 0 Å². The van der Waals surface area contributed by atoms with Gasteiger partial charge in [0.05, 0.1) is 13.1 Å². The molecule has 0 fully saturated rings. The Labute approximate surface area is 128 Å². The minimum Gasteiger partial charge on any atom is -0.318 e. The van der Waals surface area contributed by atoms with Gasteiger partial charge in [0.2, 0.25) is 0 Å². The summed E-state index contributed by atoms with van der Waals surface area (Å²) in [6, 6.07) is 18.7. The molecular weight excluding hydrogens is 284 g/mol. The van der Waals surface area contributed by atoms with Crippen LogP contribution in [0.15, 0.2) is 60.7 Å². The van der Waals surface area contributed by atoms with Crippen molar-refractivity contribution in [3.63, 3.8) is 0 Å². The van der Waals surface area contributed by atoms with Gasteiger partial charge in [-0.15, -0.1) is 0 Å². The standard InChI is InChI=1S/C15H18N4O3/c16-18(11-13-7-3-1-4-8-13)21-15(20)22-19(17)12-14-9-5-2-6-10-14/h1-10H,11-12,16-17H2. The van der Waals surface area contributed by atoms with E-state index in [9.17, 15) is 4.79 Å². The lowest BCUT2D eigenvalue weighted by atomic mass is 10.2. The number of hydroxylamine groups is 2. The zero-order valence-corrected chi connectivity index (χ0v) is 12.0. The predicted molar refractivity (Wildman–Crippen MR) is 79.9 cm³/mol. The highest BCUT2D eigenvalue weighted by Crippen LogP contribution is 2.04. The molecule has 22 heavy (non-hydrogen) atoms. The van der Waals surface area contributed by atoms with Crippen LogP contribution in [0, 0.1) is 0 Å². The summed E-state index contributed by atoms with van der Waals surface area (Å²) in [5, 5.41) is 1.77. The van der Waals surface area contributed by atoms with Crippen molar-refractivity contribution in [2.45, 2.75) is 13.1 Å². The molecule has 0 aliphatic heterocycles. The summed E-state index contributed by atoms with van der Waals surface area (Å²) in [6.07, 6.45) is -1.00. The van der Waals surface area contributed by atoms with Gasteiger partial charge in [-0.25, -0.2) is 11.7 Å². The molecule has 0 bridgehead atoms. The second-order valence-corrected chi connectivity index (χ2v) is 4.55. The van der Waals surface area contributed by atoms with Crippen LogP contribution in [-0.4, -0.2) is 16.5 Å². The van der Waals surface area contributed by atoms with Crippen molar-refractivity contribution < 1.29 is 14.5 Å². The Kier molecular flexibility index (Phi) is 5.87. The molecule has 0 heterocycles. The third kappa shape index (κ3) is 5.51. The van der Waals surface area contributed by atoms with Gasteiger partial charge in [0.25, 0.3) is 0 Å². The normalized spacial score (nSPS) is 10.7. The first-order valence-corrected chi connectivity index (χ1v) is 6.65. The summed E-state index contributed by atoms with van der Waals surface area (Å²) in [5.41, 5.74) is 1.79. The predicted octanol–water partition coefficient (Wildman–Crippen LogP) is 1.72. The monoisotopic (exact) mass is 302 g/mol. The smallest absolute Gasteiger partial charge is 0.318 e. The molecule has 0 aromatic heterocycles. The maximum Gasteiger partial charge on any atom is 0.550 e. The van der Waals surface area contributed by atoms with Crippen molar-refractivity contribution in [1.82, 2.24) is 10.3 Å². The number of carbonyl (C=O) groups excluding carboxylic acids is 1. The third-order valence-electron chi connectivity index (χ3n) is 2.75. The van der Waals surface area contributed by atoms with Crippen LogP contribution < -0.4 is 11.7 Å². The minimum atomic E-state index is -1.00. The van der Waals surface area contributed by atoms with E-state index in [0.717, 1.165) is 21.5 Å². The van der Waals surface area contributed by atoms with Gasteiger partial charge in [0, 0.05) is 0 Å². The van der Waals surface area contributed by atoms with Crippen molar-refractivity contribution in [3.05, 3.63) is 71.8 Å². The van der Waals surface area contributed by atoms with E-state index in [4.69, 9.17) is 21.4 Å². The Morgan fingerprint density at radius 3 is 1.50 bits per heavy atom. The van der Waals surface area contributed by atoms with E-state index in [1.807, 2.05) is 60.7 Å². The number of hydrogen-bond donors (Lipinski definition) is 2. The Balaban J connectivity index is 1.75. The quantitative estimate of drug-likeness (QED) is 0.619. The highest BCUT2D eigenvalue weighted by molar-refractivity contribution is 5.58. The lowest BCUT2D eigenvalue weighted by molar-refractivity contribution is -0.198. The molecule has 0 radical (unpaired) electrons. The summed E-state index contributed by atoms with van der Waals surface area (Å²) >= 11 is 0. The van der Waals surface area contributed by atoms with E-state index in [1.54, 1.807) is 0 Å². The molecule has 7 heteroatoms. The fourth-order valence-corrected chi connectivity index (χ4v) is 1.80. The van der Waals surface area contributed by atoms with Crippen LogP contribution >= 0.6 is 0 Å². The molecule has 0 unspecified atom stereocenters. The molecule has 2 rings (SSSR count). The fraction of sp³-hybridized carbons (Fsp3) is 0.133. The first-order chi connectivity index (χ1) is 10.6. The van der Waals surface area contributed by atoms with Gasteiger partial charge in [0.15, 0.2) is 0 Å². The zero-order valence-electron chi connectivity index (χ0n) is 12.0. The molecule has 2 aromatic rings. The van der Waals surface area contributed by atoms with Crippen LogP contribution in [0.3, 0.4) is 0 Å². The van der Waals surface area contributed by atoms with Gasteiger partial charge in [-0.3, -0.25) is 0 Å². The lowest BCUT2D eigenvalue weighted by Crippen LogP contribution is -2.38. The number of carbonyl (C=O) groups is 1. The molecule has 0 aliphatic rings. The molecule has 0 saturated carbocycles. The minimum absolute atomic E-state index is 0.235. The summed E-state index contributed by atoms with van der Waals surface area (Å²) in [4.78, 5) is 21.1. The van der Waals surface area contributed by atoms with Crippen LogP contribution in [-0.2, 0) is 22.8 Å². The molecule has 0 spiro atoms. The van der Waals surface area contributed by atoms with E-state index in [-0.39, 0.29) is 13.1 Å². The number of hydrazine groups is 2. The second-order valence-electron chi connectivity index (χ2n) is 4.55. The van der Waals surface area contributed by atoms with Gasteiger partial charge in [-0.1, -0.05) is 71.0 Å². The first-order valence-electron chi connectivity index (χ1n) is 6.65. The molecule has 4 N–H and O–H groups in total. The molecule has 2 aromatic carbocycles. The van der Waals surface area contributed by atoms with E-state index in [2.05, 4.69) is 0 Å². The van der Waals surface area contributed by atoms with Crippen LogP contribution in [0.2, 0.25) is 0 Å². The van der Waals surface area contributed by atoms with Gasteiger partial charge >= 0.3 is 6.16 Å². The molecule has 0 saturated heterocycles. The first kappa shape index (κ1) is 15.9. The second kappa shape index (κ2) is 8.11. The Hall–Kier alpha value is -2.45. The van der Waals surface area contributed by atoms with Crippen molar-refractivity contribution in [2.24, 2.45) is 11.7 Å². The maximum atomic E-state index is 11.6. The zero-order chi connectivity index (χ0) is 15.8. The third-order valence-corrected chi connectivity index (χ3v) is 2.75. The molecule has 7 nitrogen and oxygen atoms in total. The number of nitrogens with two attached hydrogens (primary N) is 2. The molecule has 0 amide bonds. The Morgan fingerprint density at radius 1 is 0.773 bits per heavy atom. The van der Waals surface area contributed by atoms with Crippen molar-refractivity contribution in [3.8, 4) is 0 Å². The summed E-state index contributed by atoms with van der Waals surface area (Å²) in [6.45, 7) is 0.471. The van der Waals surface area contributed by atoms with Gasteiger partial charge in [-0.05, 0) is 11.1 Å². The maximum absolute atomic E-state index is 11.6. The number of benzene rings is 2. The Morgan fingerprint density at radius 2 is 1.14 bits per heavy atom. The van der Waals surface area contributed by atoms with Crippen LogP contribution in [0.1, 0.15) is 11.1 Å². The van der Waals surface area contributed by atoms with E-state index in [1.165, 1.54) is 0 Å². The summed E-state index contributed by atoms with van der Waals surface area (Å²) in [5.74, 6) is 11.2. The molecule has 0 atom stereocenters. The number of hydrogen-bond acceptors (Lipinski definition) is 7. The van der Waals surface area contributed by atoms with Gasteiger partial charge in [-0.2, -0.15) is 4.79 Å². The van der Waals surface area contributed by atoms with E-state index in [0.29, 0.717) is 0 Å². The largest absolute Gasteiger partial charge is 0.550 e. The Bertz CT molecular complexity index is 528. The van der Waals surface area contributed by atoms with Crippen molar-refractivity contribution >= 4 is 6.16 Å². The number of rotatable bonds is 6. The summed E-state index contributed by atoms with van der Waals surface area (Å²) in [7, 11) is 0. The average molecular weight is 302 g/mol. The topological polar surface area (TPSA) is 94.0 Å². The highest BCUT2D eigenvalue weighted by Gasteiger charge is 2.14. The van der Waals surface area contributed by atoms with Crippen LogP contribution in [0.25, 0.3) is 0 Å². The van der Waals surface area contributed by atoms with E-state index < -0.39 is 6.16 Å². The summed E-state index contributed by atoms with van der Waals surface area (Å²) < 4.78 is 0. The fourth-order valence-electron chi connectivity index (χ4n) is 1.80. The molecule has 116 valence electrons. The van der Waals surface area contributed by atoms with Crippen molar-refractivity contribution in [2.75, 3.05) is 0 Å². The molecular formula is C15H18N4O3. The van der Waals surface area contributed by atoms with Gasteiger partial charge < -0.3 is 9.68 Å². The average Bonchev–Trinajstić information content (AvgIpc) is 2.48. The molecule has 0 aliphatic carbocycles. The lowest BCUT2D eigenvalue weighted by Gasteiger charge is -2.18. The highest BCUT2D eigenvalue weighted by atomic mass is 16.9. The van der Waals surface area contributed by atoms with Crippen LogP contribution in [0.5, 0.6) is 0 Å². The van der Waals surface area contributed by atoms with Gasteiger partial charge in [0.1, 0.15) is 0 Å².